The fraction of sp³-hybridized carbons (Fsp3) is 0.529. The number of benzene rings is 1. The Kier molecular flexibility index (Phi) is 5.31. The zero-order valence-corrected chi connectivity index (χ0v) is 14.0. The van der Waals surface area contributed by atoms with E-state index in [2.05, 4.69) is 0 Å². The highest BCUT2D eigenvalue weighted by Crippen LogP contribution is 2.25. The number of carbonyl (C=O) groups excluding carboxylic acids is 1. The Hall–Kier alpha value is -2.31. The summed E-state index contributed by atoms with van der Waals surface area (Å²) < 4.78 is 24.4. The number of ether oxygens (including phenoxy) is 2. The van der Waals surface area contributed by atoms with Crippen molar-refractivity contribution < 1.29 is 28.6 Å². The van der Waals surface area contributed by atoms with Crippen LogP contribution in [0.15, 0.2) is 18.2 Å². The van der Waals surface area contributed by atoms with Crippen molar-refractivity contribution in [3.63, 3.8) is 0 Å². The highest BCUT2D eigenvalue weighted by Gasteiger charge is 2.29. The molecule has 0 saturated carbocycles. The Morgan fingerprint density at radius 2 is 2.04 bits per heavy atom. The maximum Gasteiger partial charge on any atom is 0.410 e. The Labute approximate surface area is 140 Å². The first-order valence-electron chi connectivity index (χ1n) is 7.83. The SMILES string of the molecule is CC(C)(C)OC(=O)N1CCCC(Oc2cc(F)ccc2C(=O)O)C1. The molecule has 1 fully saturated rings. The summed E-state index contributed by atoms with van der Waals surface area (Å²) in [7, 11) is 0. The second kappa shape index (κ2) is 7.07. The molecule has 1 aliphatic rings. The van der Waals surface area contributed by atoms with E-state index in [9.17, 15) is 14.0 Å². The maximum atomic E-state index is 13.4. The van der Waals surface area contributed by atoms with E-state index in [0.717, 1.165) is 12.1 Å². The third kappa shape index (κ3) is 4.84. The lowest BCUT2D eigenvalue weighted by atomic mass is 10.1. The van der Waals surface area contributed by atoms with Gasteiger partial charge in [-0.05, 0) is 45.7 Å². The largest absolute Gasteiger partial charge is 0.488 e. The smallest absolute Gasteiger partial charge is 0.410 e. The molecule has 0 aromatic heterocycles. The zero-order valence-electron chi connectivity index (χ0n) is 14.0. The second-order valence-electron chi connectivity index (χ2n) is 6.75. The maximum absolute atomic E-state index is 13.4. The van der Waals surface area contributed by atoms with Crippen LogP contribution in [0, 0.1) is 5.82 Å². The molecule has 132 valence electrons. The number of likely N-dealkylation sites (tertiary alicyclic amines) is 1. The summed E-state index contributed by atoms with van der Waals surface area (Å²) in [5.74, 6) is -1.79. The third-order valence-electron chi connectivity index (χ3n) is 3.50. The molecule has 0 bridgehead atoms. The van der Waals surface area contributed by atoms with Crippen molar-refractivity contribution in [2.75, 3.05) is 13.1 Å². The first kappa shape index (κ1) is 18.0. The number of piperidine rings is 1. The van der Waals surface area contributed by atoms with Gasteiger partial charge in [-0.15, -0.1) is 0 Å². The molecule has 1 N–H and O–H groups in total. The normalized spacial score (nSPS) is 18.2. The van der Waals surface area contributed by atoms with Gasteiger partial charge in [-0.25, -0.2) is 14.0 Å². The number of carboxylic acids is 1. The number of rotatable bonds is 3. The Morgan fingerprint density at radius 3 is 2.67 bits per heavy atom. The summed E-state index contributed by atoms with van der Waals surface area (Å²) in [5, 5.41) is 9.17. The van der Waals surface area contributed by atoms with Gasteiger partial charge in [0.2, 0.25) is 0 Å². The van der Waals surface area contributed by atoms with Gasteiger partial charge in [0.15, 0.2) is 0 Å². The van der Waals surface area contributed by atoms with Crippen LogP contribution in [0.5, 0.6) is 5.75 Å². The van der Waals surface area contributed by atoms with Crippen LogP contribution >= 0.6 is 0 Å². The van der Waals surface area contributed by atoms with Gasteiger partial charge in [0.25, 0.3) is 0 Å². The number of carbonyl (C=O) groups is 2. The molecule has 24 heavy (non-hydrogen) atoms. The van der Waals surface area contributed by atoms with E-state index in [1.54, 1.807) is 20.8 Å². The number of amides is 1. The van der Waals surface area contributed by atoms with Gasteiger partial charge in [0, 0.05) is 12.6 Å². The van der Waals surface area contributed by atoms with E-state index in [4.69, 9.17) is 14.6 Å². The first-order chi connectivity index (χ1) is 11.2. The van der Waals surface area contributed by atoms with E-state index in [0.29, 0.717) is 19.4 Å². The highest BCUT2D eigenvalue weighted by atomic mass is 19.1. The molecule has 1 aromatic rings. The molecule has 7 heteroatoms. The van der Waals surface area contributed by atoms with Crippen molar-refractivity contribution in [3.05, 3.63) is 29.6 Å². The van der Waals surface area contributed by atoms with Crippen molar-refractivity contribution in [2.24, 2.45) is 0 Å². The predicted octanol–water partition coefficient (Wildman–Crippen LogP) is 3.30. The van der Waals surface area contributed by atoms with Crippen LogP contribution in [0.2, 0.25) is 0 Å². The molecule has 1 atom stereocenters. The molecule has 0 aliphatic carbocycles. The molecule has 1 amide bonds. The Bertz CT molecular complexity index is 626. The van der Waals surface area contributed by atoms with Crippen molar-refractivity contribution in [1.29, 1.82) is 0 Å². The zero-order chi connectivity index (χ0) is 17.9. The third-order valence-corrected chi connectivity index (χ3v) is 3.50. The van der Waals surface area contributed by atoms with Crippen molar-refractivity contribution in [2.45, 2.75) is 45.3 Å². The molecular weight excluding hydrogens is 317 g/mol. The fourth-order valence-electron chi connectivity index (χ4n) is 2.48. The summed E-state index contributed by atoms with van der Waals surface area (Å²) in [5.41, 5.74) is -0.699. The van der Waals surface area contributed by atoms with E-state index < -0.39 is 29.6 Å². The average molecular weight is 339 g/mol. The number of nitrogens with zero attached hydrogens (tertiary/aromatic N) is 1. The monoisotopic (exact) mass is 339 g/mol. The summed E-state index contributed by atoms with van der Waals surface area (Å²) in [6, 6.07) is 3.29. The van der Waals surface area contributed by atoms with Gasteiger partial charge >= 0.3 is 12.1 Å². The summed E-state index contributed by atoms with van der Waals surface area (Å²) in [6.45, 7) is 6.17. The summed E-state index contributed by atoms with van der Waals surface area (Å²) >= 11 is 0. The quantitative estimate of drug-likeness (QED) is 0.914. The van der Waals surface area contributed by atoms with Crippen LogP contribution in [0.25, 0.3) is 0 Å². The topological polar surface area (TPSA) is 76.1 Å². The lowest BCUT2D eigenvalue weighted by Crippen LogP contribution is -2.46. The molecule has 2 rings (SSSR count). The first-order valence-corrected chi connectivity index (χ1v) is 7.83. The molecule has 1 saturated heterocycles. The van der Waals surface area contributed by atoms with Crippen molar-refractivity contribution in [1.82, 2.24) is 4.90 Å². The van der Waals surface area contributed by atoms with Crippen molar-refractivity contribution >= 4 is 12.1 Å². The van der Waals surface area contributed by atoms with Gasteiger partial charge in [0.05, 0.1) is 6.54 Å². The van der Waals surface area contributed by atoms with Gasteiger partial charge in [0.1, 0.15) is 28.8 Å². The van der Waals surface area contributed by atoms with Crippen LogP contribution in [0.3, 0.4) is 0 Å². The van der Waals surface area contributed by atoms with E-state index in [1.807, 2.05) is 0 Å². The van der Waals surface area contributed by atoms with Crippen LogP contribution in [0.4, 0.5) is 9.18 Å². The molecule has 1 heterocycles. The fourth-order valence-corrected chi connectivity index (χ4v) is 2.48. The van der Waals surface area contributed by atoms with Gasteiger partial charge in [-0.2, -0.15) is 0 Å². The minimum absolute atomic E-state index is 0.0291. The Morgan fingerprint density at radius 1 is 1.33 bits per heavy atom. The average Bonchev–Trinajstić information content (AvgIpc) is 2.45. The highest BCUT2D eigenvalue weighted by molar-refractivity contribution is 5.90. The van der Waals surface area contributed by atoms with Crippen LogP contribution in [-0.2, 0) is 4.74 Å². The molecular formula is C17H22FNO5. The van der Waals surface area contributed by atoms with Gasteiger partial charge in [-0.1, -0.05) is 0 Å². The number of carboxylic acid groups (broad SMARTS) is 1. The minimum atomic E-state index is -1.19. The second-order valence-corrected chi connectivity index (χ2v) is 6.75. The van der Waals surface area contributed by atoms with Crippen molar-refractivity contribution in [3.8, 4) is 5.75 Å². The molecule has 1 aliphatic heterocycles. The summed E-state index contributed by atoms with van der Waals surface area (Å²) in [4.78, 5) is 24.9. The van der Waals surface area contributed by atoms with Gasteiger partial charge in [-0.3, -0.25) is 0 Å². The molecule has 1 unspecified atom stereocenters. The number of hydrogen-bond acceptors (Lipinski definition) is 4. The lowest BCUT2D eigenvalue weighted by molar-refractivity contribution is 0.00745. The van der Waals surface area contributed by atoms with E-state index in [1.165, 1.54) is 11.0 Å². The van der Waals surface area contributed by atoms with E-state index >= 15 is 0 Å². The number of hydrogen-bond donors (Lipinski definition) is 1. The number of halogens is 1. The lowest BCUT2D eigenvalue weighted by Gasteiger charge is -2.34. The molecule has 0 radical (unpaired) electrons. The summed E-state index contributed by atoms with van der Waals surface area (Å²) in [6.07, 6.45) is 0.496. The van der Waals surface area contributed by atoms with Crippen LogP contribution in [0.1, 0.15) is 44.0 Å². The standard InChI is InChI=1S/C17H22FNO5/c1-17(2,3)24-16(22)19-8-4-5-12(10-19)23-14-9-11(18)6-7-13(14)15(20)21/h6-7,9,12H,4-5,8,10H2,1-3H3,(H,20,21). The number of aromatic carboxylic acids is 1. The van der Waals surface area contributed by atoms with Gasteiger partial charge < -0.3 is 19.5 Å². The van der Waals surface area contributed by atoms with Crippen LogP contribution in [-0.4, -0.2) is 46.9 Å². The van der Waals surface area contributed by atoms with Crippen LogP contribution < -0.4 is 4.74 Å². The predicted molar refractivity (Wildman–Crippen MR) is 84.8 cm³/mol. The molecule has 0 spiro atoms. The molecule has 6 nitrogen and oxygen atoms in total. The molecule has 1 aromatic carbocycles. The van der Waals surface area contributed by atoms with E-state index in [-0.39, 0.29) is 17.9 Å². The minimum Gasteiger partial charge on any atom is -0.488 e. The Balaban J connectivity index is 2.07.